The van der Waals surface area contributed by atoms with Crippen LogP contribution in [0.5, 0.6) is 5.75 Å². The number of methoxy groups -OCH3 is 1. The Kier molecular flexibility index (Phi) is 4.33. The fraction of sp³-hybridized carbons (Fsp3) is 0.400. The topological polar surface area (TPSA) is 77.2 Å². The molecule has 3 rings (SSSR count). The van der Waals surface area contributed by atoms with Gasteiger partial charge in [-0.25, -0.2) is 0 Å². The monoisotopic (exact) mass is 319 g/mol. The maximum Gasteiger partial charge on any atom is 0.277 e. The van der Waals surface area contributed by atoms with E-state index in [4.69, 9.17) is 9.15 Å². The summed E-state index contributed by atoms with van der Waals surface area (Å²) in [6.07, 6.45) is 2.21. The van der Waals surface area contributed by atoms with Crippen LogP contribution in [0.1, 0.15) is 31.6 Å². The molecule has 0 spiro atoms. The number of hydrogen-bond acceptors (Lipinski definition) is 6. The number of nitrogens with zero attached hydrogens (tertiary/aromatic N) is 2. The van der Waals surface area contributed by atoms with Gasteiger partial charge < -0.3 is 14.5 Å². The molecule has 6 nitrogen and oxygen atoms in total. The van der Waals surface area contributed by atoms with E-state index in [-0.39, 0.29) is 11.2 Å². The number of anilines is 1. The zero-order valence-corrected chi connectivity index (χ0v) is 13.2. The summed E-state index contributed by atoms with van der Waals surface area (Å²) < 4.78 is 10.8. The Morgan fingerprint density at radius 2 is 2.18 bits per heavy atom. The summed E-state index contributed by atoms with van der Waals surface area (Å²) in [5.41, 5.74) is 0.645. The number of carbonyl (C=O) groups is 1. The summed E-state index contributed by atoms with van der Waals surface area (Å²) in [5.74, 6) is 1.59. The zero-order chi connectivity index (χ0) is 15.5. The van der Waals surface area contributed by atoms with Crippen LogP contribution in [0.15, 0.2) is 33.9 Å². The van der Waals surface area contributed by atoms with Crippen LogP contribution < -0.4 is 10.1 Å². The second-order valence-electron chi connectivity index (χ2n) is 5.13. The molecular weight excluding hydrogens is 302 g/mol. The van der Waals surface area contributed by atoms with Crippen LogP contribution in [0.2, 0.25) is 0 Å². The SMILES string of the molecule is COc1ccccc1NC(=O)[C@@H](C)Sc1nnc(C2CC2)o1. The largest absolute Gasteiger partial charge is 0.495 e. The van der Waals surface area contributed by atoms with Crippen LogP contribution >= 0.6 is 11.8 Å². The van der Waals surface area contributed by atoms with Gasteiger partial charge in [0.25, 0.3) is 5.22 Å². The van der Waals surface area contributed by atoms with Gasteiger partial charge >= 0.3 is 0 Å². The van der Waals surface area contributed by atoms with Crippen molar-refractivity contribution in [1.82, 2.24) is 10.2 Å². The number of hydrogen-bond donors (Lipinski definition) is 1. The van der Waals surface area contributed by atoms with Crippen molar-refractivity contribution < 1.29 is 13.9 Å². The van der Waals surface area contributed by atoms with E-state index in [0.29, 0.717) is 28.5 Å². The molecule has 1 aliphatic rings. The molecule has 1 saturated carbocycles. The van der Waals surface area contributed by atoms with Crippen molar-refractivity contribution in [3.05, 3.63) is 30.2 Å². The maximum absolute atomic E-state index is 12.3. The lowest BCUT2D eigenvalue weighted by Crippen LogP contribution is -2.22. The lowest BCUT2D eigenvalue weighted by Gasteiger charge is -2.12. The highest BCUT2D eigenvalue weighted by Gasteiger charge is 2.30. The van der Waals surface area contributed by atoms with Gasteiger partial charge in [-0.2, -0.15) is 0 Å². The van der Waals surface area contributed by atoms with Crippen molar-refractivity contribution in [2.24, 2.45) is 0 Å². The number of benzene rings is 1. The molecule has 22 heavy (non-hydrogen) atoms. The van der Waals surface area contributed by atoms with Crippen LogP contribution in [0.4, 0.5) is 5.69 Å². The second-order valence-corrected chi connectivity index (χ2v) is 6.42. The number of thioether (sulfide) groups is 1. The zero-order valence-electron chi connectivity index (χ0n) is 12.4. The molecule has 116 valence electrons. The van der Waals surface area contributed by atoms with Crippen LogP contribution in [-0.4, -0.2) is 28.5 Å². The van der Waals surface area contributed by atoms with Crippen molar-refractivity contribution in [2.75, 3.05) is 12.4 Å². The lowest BCUT2D eigenvalue weighted by molar-refractivity contribution is -0.115. The van der Waals surface area contributed by atoms with Gasteiger partial charge in [0.05, 0.1) is 18.0 Å². The molecular formula is C15H17N3O3S. The van der Waals surface area contributed by atoms with E-state index in [1.54, 1.807) is 26.2 Å². The Morgan fingerprint density at radius 1 is 1.41 bits per heavy atom. The molecule has 0 saturated heterocycles. The van der Waals surface area contributed by atoms with Crippen LogP contribution in [0.25, 0.3) is 0 Å². The molecule has 1 atom stereocenters. The Bertz CT molecular complexity index is 670. The molecule has 0 bridgehead atoms. The van der Waals surface area contributed by atoms with Crippen molar-refractivity contribution in [3.8, 4) is 5.75 Å². The average molecular weight is 319 g/mol. The van der Waals surface area contributed by atoms with E-state index >= 15 is 0 Å². The number of para-hydroxylation sites is 2. The molecule has 1 N–H and O–H groups in total. The molecule has 1 aliphatic carbocycles. The van der Waals surface area contributed by atoms with E-state index in [0.717, 1.165) is 12.8 Å². The summed E-state index contributed by atoms with van der Waals surface area (Å²) >= 11 is 1.26. The summed E-state index contributed by atoms with van der Waals surface area (Å²) in [6, 6.07) is 7.29. The third-order valence-electron chi connectivity index (χ3n) is 3.36. The predicted octanol–water partition coefficient (Wildman–Crippen LogP) is 3.07. The van der Waals surface area contributed by atoms with E-state index in [9.17, 15) is 4.79 Å². The van der Waals surface area contributed by atoms with E-state index < -0.39 is 0 Å². The predicted molar refractivity (Wildman–Crippen MR) is 83.2 cm³/mol. The lowest BCUT2D eigenvalue weighted by atomic mass is 10.3. The Hall–Kier alpha value is -2.02. The molecule has 1 aromatic carbocycles. The normalized spacial score (nSPS) is 15.4. The number of aromatic nitrogens is 2. The maximum atomic E-state index is 12.3. The third kappa shape index (κ3) is 3.41. The first kappa shape index (κ1) is 14.9. The molecule has 2 aromatic rings. The Labute approximate surface area is 132 Å². The van der Waals surface area contributed by atoms with Gasteiger partial charge in [-0.1, -0.05) is 23.9 Å². The highest BCUT2D eigenvalue weighted by Crippen LogP contribution is 2.40. The molecule has 1 aromatic heterocycles. The van der Waals surface area contributed by atoms with Gasteiger partial charge in [0.15, 0.2) is 0 Å². The van der Waals surface area contributed by atoms with E-state index in [1.807, 2.05) is 12.1 Å². The number of rotatable bonds is 6. The minimum atomic E-state index is -0.350. The minimum Gasteiger partial charge on any atom is -0.495 e. The smallest absolute Gasteiger partial charge is 0.277 e. The van der Waals surface area contributed by atoms with Crippen molar-refractivity contribution in [1.29, 1.82) is 0 Å². The third-order valence-corrected chi connectivity index (χ3v) is 4.29. The number of ether oxygens (including phenoxy) is 1. The first-order chi connectivity index (χ1) is 10.7. The van der Waals surface area contributed by atoms with Gasteiger partial charge in [0.1, 0.15) is 5.75 Å². The van der Waals surface area contributed by atoms with Gasteiger partial charge in [0.2, 0.25) is 11.8 Å². The second kappa shape index (κ2) is 6.39. The Balaban J connectivity index is 1.61. The van der Waals surface area contributed by atoms with Gasteiger partial charge in [-0.3, -0.25) is 4.79 Å². The summed E-state index contributed by atoms with van der Waals surface area (Å²) in [5, 5.41) is 10.9. The number of amides is 1. The number of nitrogens with one attached hydrogen (secondary N) is 1. The van der Waals surface area contributed by atoms with Crippen LogP contribution in [-0.2, 0) is 4.79 Å². The molecule has 0 radical (unpaired) electrons. The first-order valence-electron chi connectivity index (χ1n) is 7.11. The van der Waals surface area contributed by atoms with Gasteiger partial charge in [-0.15, -0.1) is 10.2 Å². The minimum absolute atomic E-state index is 0.138. The molecule has 0 unspecified atom stereocenters. The molecule has 1 fully saturated rings. The highest BCUT2D eigenvalue weighted by atomic mass is 32.2. The average Bonchev–Trinajstić information content (AvgIpc) is 3.28. The van der Waals surface area contributed by atoms with Gasteiger partial charge in [-0.05, 0) is 31.9 Å². The molecule has 1 amide bonds. The van der Waals surface area contributed by atoms with E-state index in [2.05, 4.69) is 15.5 Å². The first-order valence-corrected chi connectivity index (χ1v) is 7.99. The van der Waals surface area contributed by atoms with Crippen molar-refractivity contribution in [3.63, 3.8) is 0 Å². The fourth-order valence-electron chi connectivity index (χ4n) is 1.95. The highest BCUT2D eigenvalue weighted by molar-refractivity contribution is 8.00. The van der Waals surface area contributed by atoms with Crippen molar-refractivity contribution >= 4 is 23.4 Å². The number of carbonyl (C=O) groups excluding carboxylic acids is 1. The summed E-state index contributed by atoms with van der Waals surface area (Å²) in [6.45, 7) is 1.80. The molecule has 1 heterocycles. The van der Waals surface area contributed by atoms with Crippen LogP contribution in [0.3, 0.4) is 0 Å². The Morgan fingerprint density at radius 3 is 2.91 bits per heavy atom. The molecule has 0 aliphatic heterocycles. The standard InChI is InChI=1S/C15H17N3O3S/c1-9(22-15-18-17-14(21-15)10-7-8-10)13(19)16-11-5-3-4-6-12(11)20-2/h3-6,9-10H,7-8H2,1-2H3,(H,16,19)/t9-/m1/s1. The van der Waals surface area contributed by atoms with Gasteiger partial charge in [0, 0.05) is 5.92 Å². The molecule has 7 heteroatoms. The quantitative estimate of drug-likeness (QED) is 0.825. The summed E-state index contributed by atoms with van der Waals surface area (Å²) in [7, 11) is 1.57. The fourth-order valence-corrected chi connectivity index (χ4v) is 2.64. The van der Waals surface area contributed by atoms with Crippen molar-refractivity contribution in [2.45, 2.75) is 36.2 Å². The van der Waals surface area contributed by atoms with Crippen LogP contribution in [0, 0.1) is 0 Å². The summed E-state index contributed by atoms with van der Waals surface area (Å²) in [4.78, 5) is 12.3. The van der Waals surface area contributed by atoms with E-state index in [1.165, 1.54) is 11.8 Å².